The third-order valence-electron chi connectivity index (χ3n) is 2.56. The molecule has 0 saturated carbocycles. The summed E-state index contributed by atoms with van der Waals surface area (Å²) >= 11 is 0. The van der Waals surface area contributed by atoms with Crippen LogP contribution in [-0.2, 0) is 4.74 Å². The number of ether oxygens (including phenoxy) is 2. The van der Waals surface area contributed by atoms with E-state index < -0.39 is 0 Å². The topological polar surface area (TPSA) is 85.0 Å². The number of hydrogen-bond donors (Lipinski definition) is 2. The summed E-state index contributed by atoms with van der Waals surface area (Å²) in [7, 11) is 0. The van der Waals surface area contributed by atoms with Gasteiger partial charge in [0.25, 0.3) is 0 Å². The molecule has 2 rings (SSSR count). The first-order valence-corrected chi connectivity index (χ1v) is 6.90. The van der Waals surface area contributed by atoms with Crippen molar-refractivity contribution in [2.45, 2.75) is 33.3 Å². The van der Waals surface area contributed by atoms with Gasteiger partial charge in [-0.25, -0.2) is 4.98 Å². The summed E-state index contributed by atoms with van der Waals surface area (Å²) < 4.78 is 11.1. The number of anilines is 1. The van der Waals surface area contributed by atoms with Crippen molar-refractivity contribution in [3.8, 4) is 5.88 Å². The van der Waals surface area contributed by atoms with Crippen LogP contribution in [0.1, 0.15) is 27.2 Å². The number of aromatic amines is 1. The van der Waals surface area contributed by atoms with Gasteiger partial charge in [-0.05, 0) is 20.3 Å². The van der Waals surface area contributed by atoms with Gasteiger partial charge in [-0.1, -0.05) is 6.92 Å². The molecule has 0 amide bonds. The van der Waals surface area contributed by atoms with E-state index in [1.54, 1.807) is 6.33 Å². The summed E-state index contributed by atoms with van der Waals surface area (Å²) in [6.45, 7) is 7.84. The summed E-state index contributed by atoms with van der Waals surface area (Å²) in [5, 5.41) is 3.14. The Morgan fingerprint density at radius 3 is 2.90 bits per heavy atom. The first-order chi connectivity index (χ1) is 9.70. The van der Waals surface area contributed by atoms with Crippen LogP contribution in [0.15, 0.2) is 6.33 Å². The summed E-state index contributed by atoms with van der Waals surface area (Å²) in [6, 6.07) is 0. The van der Waals surface area contributed by atoms with Crippen LogP contribution in [-0.4, -0.2) is 45.8 Å². The van der Waals surface area contributed by atoms with Crippen LogP contribution in [0.5, 0.6) is 5.88 Å². The second-order valence-electron chi connectivity index (χ2n) is 4.65. The largest absolute Gasteiger partial charge is 0.474 e. The number of rotatable bonds is 8. The molecular weight excluding hydrogens is 258 g/mol. The van der Waals surface area contributed by atoms with Crippen LogP contribution in [0.4, 0.5) is 5.95 Å². The quantitative estimate of drug-likeness (QED) is 0.719. The van der Waals surface area contributed by atoms with Gasteiger partial charge in [0.1, 0.15) is 12.1 Å². The first kappa shape index (κ1) is 14.5. The van der Waals surface area contributed by atoms with E-state index >= 15 is 0 Å². The van der Waals surface area contributed by atoms with Gasteiger partial charge in [0.15, 0.2) is 5.65 Å². The lowest BCUT2D eigenvalue weighted by atomic mass is 10.5. The van der Waals surface area contributed by atoms with Gasteiger partial charge in [0.2, 0.25) is 11.8 Å². The molecule has 2 aromatic rings. The Kier molecular flexibility index (Phi) is 5.11. The van der Waals surface area contributed by atoms with Crippen molar-refractivity contribution in [3.63, 3.8) is 0 Å². The number of imidazole rings is 1. The van der Waals surface area contributed by atoms with E-state index in [0.29, 0.717) is 36.2 Å². The van der Waals surface area contributed by atoms with Crippen molar-refractivity contribution in [2.75, 3.05) is 25.1 Å². The molecule has 20 heavy (non-hydrogen) atoms. The molecule has 2 aromatic heterocycles. The summed E-state index contributed by atoms with van der Waals surface area (Å²) in [6.07, 6.45) is 2.78. The molecule has 110 valence electrons. The van der Waals surface area contributed by atoms with E-state index in [4.69, 9.17) is 9.47 Å². The third-order valence-corrected chi connectivity index (χ3v) is 2.56. The van der Waals surface area contributed by atoms with E-state index in [1.165, 1.54) is 0 Å². The van der Waals surface area contributed by atoms with Gasteiger partial charge in [-0.3, -0.25) is 0 Å². The second kappa shape index (κ2) is 7.04. The zero-order chi connectivity index (χ0) is 14.4. The number of nitrogens with zero attached hydrogens (tertiary/aromatic N) is 3. The zero-order valence-electron chi connectivity index (χ0n) is 12.1. The monoisotopic (exact) mass is 279 g/mol. The normalized spacial score (nSPS) is 11.2. The SMILES string of the molecule is CCCNc1nc(OCCOC(C)C)c2[nH]cnc2n1. The van der Waals surface area contributed by atoms with E-state index in [0.717, 1.165) is 13.0 Å². The molecule has 0 bridgehead atoms. The molecule has 0 aromatic carbocycles. The Balaban J connectivity index is 2.07. The van der Waals surface area contributed by atoms with Gasteiger partial charge in [0.05, 0.1) is 19.0 Å². The lowest BCUT2D eigenvalue weighted by Gasteiger charge is -2.10. The van der Waals surface area contributed by atoms with Gasteiger partial charge < -0.3 is 19.8 Å². The number of H-pyrrole nitrogens is 1. The number of fused-ring (bicyclic) bond motifs is 1. The fourth-order valence-electron chi connectivity index (χ4n) is 1.65. The second-order valence-corrected chi connectivity index (χ2v) is 4.65. The summed E-state index contributed by atoms with van der Waals surface area (Å²) in [5.41, 5.74) is 1.30. The predicted octanol–water partition coefficient (Wildman–Crippen LogP) is 1.98. The third kappa shape index (κ3) is 3.80. The van der Waals surface area contributed by atoms with Gasteiger partial charge >= 0.3 is 0 Å². The van der Waals surface area contributed by atoms with Crippen molar-refractivity contribution in [3.05, 3.63) is 6.33 Å². The molecule has 2 heterocycles. The molecule has 0 radical (unpaired) electrons. The van der Waals surface area contributed by atoms with E-state index in [-0.39, 0.29) is 6.10 Å². The van der Waals surface area contributed by atoms with Crippen molar-refractivity contribution >= 4 is 17.1 Å². The summed E-state index contributed by atoms with van der Waals surface area (Å²) in [4.78, 5) is 15.8. The molecule has 0 spiro atoms. The molecule has 0 atom stereocenters. The fourth-order valence-corrected chi connectivity index (χ4v) is 1.65. The molecule has 0 aliphatic heterocycles. The van der Waals surface area contributed by atoms with Crippen LogP contribution in [0, 0.1) is 0 Å². The zero-order valence-corrected chi connectivity index (χ0v) is 12.1. The molecule has 0 saturated heterocycles. The Hall–Kier alpha value is -1.89. The van der Waals surface area contributed by atoms with Crippen LogP contribution < -0.4 is 10.1 Å². The minimum Gasteiger partial charge on any atom is -0.474 e. The molecule has 0 unspecified atom stereocenters. The molecule has 7 heteroatoms. The average Bonchev–Trinajstić information content (AvgIpc) is 2.89. The molecule has 7 nitrogen and oxygen atoms in total. The fraction of sp³-hybridized carbons (Fsp3) is 0.615. The van der Waals surface area contributed by atoms with Gasteiger partial charge in [-0.2, -0.15) is 9.97 Å². The predicted molar refractivity (Wildman–Crippen MR) is 77.0 cm³/mol. The Labute approximate surface area is 118 Å². The van der Waals surface area contributed by atoms with E-state index in [9.17, 15) is 0 Å². The molecule has 0 aliphatic rings. The molecular formula is C13H21N5O2. The Morgan fingerprint density at radius 2 is 2.15 bits per heavy atom. The van der Waals surface area contributed by atoms with E-state index in [1.807, 2.05) is 13.8 Å². The first-order valence-electron chi connectivity index (χ1n) is 6.90. The molecule has 2 N–H and O–H groups in total. The highest BCUT2D eigenvalue weighted by Gasteiger charge is 2.11. The number of aromatic nitrogens is 4. The standard InChI is InChI=1S/C13H21N5O2/c1-4-5-14-13-17-11-10(15-8-16-11)12(18-13)20-7-6-19-9(2)3/h8-9H,4-7H2,1-3H3,(H2,14,15,16,17,18). The Bertz CT molecular complexity index is 541. The highest BCUT2D eigenvalue weighted by atomic mass is 16.5. The van der Waals surface area contributed by atoms with Crippen molar-refractivity contribution in [2.24, 2.45) is 0 Å². The van der Waals surface area contributed by atoms with Gasteiger partial charge in [-0.15, -0.1) is 0 Å². The summed E-state index contributed by atoms with van der Waals surface area (Å²) in [5.74, 6) is 1.03. The minimum absolute atomic E-state index is 0.193. The highest BCUT2D eigenvalue weighted by molar-refractivity contribution is 5.76. The van der Waals surface area contributed by atoms with Crippen molar-refractivity contribution in [1.82, 2.24) is 19.9 Å². The maximum Gasteiger partial charge on any atom is 0.245 e. The smallest absolute Gasteiger partial charge is 0.245 e. The molecule has 0 fully saturated rings. The lowest BCUT2D eigenvalue weighted by Crippen LogP contribution is -2.13. The number of hydrogen-bond acceptors (Lipinski definition) is 6. The highest BCUT2D eigenvalue weighted by Crippen LogP contribution is 2.20. The maximum absolute atomic E-state index is 5.66. The number of nitrogens with one attached hydrogen (secondary N) is 2. The van der Waals surface area contributed by atoms with Crippen LogP contribution in [0.3, 0.4) is 0 Å². The van der Waals surface area contributed by atoms with Crippen molar-refractivity contribution in [1.29, 1.82) is 0 Å². The van der Waals surface area contributed by atoms with Crippen LogP contribution in [0.2, 0.25) is 0 Å². The molecule has 0 aliphatic carbocycles. The Morgan fingerprint density at radius 1 is 1.30 bits per heavy atom. The van der Waals surface area contributed by atoms with E-state index in [2.05, 4.69) is 32.2 Å². The van der Waals surface area contributed by atoms with Gasteiger partial charge in [0, 0.05) is 6.54 Å². The van der Waals surface area contributed by atoms with Crippen molar-refractivity contribution < 1.29 is 9.47 Å². The van der Waals surface area contributed by atoms with Crippen LogP contribution >= 0.6 is 0 Å². The lowest BCUT2D eigenvalue weighted by molar-refractivity contribution is 0.0546. The van der Waals surface area contributed by atoms with Crippen LogP contribution in [0.25, 0.3) is 11.2 Å². The average molecular weight is 279 g/mol. The maximum atomic E-state index is 5.66. The minimum atomic E-state index is 0.193.